The zero-order chi connectivity index (χ0) is 13.8. The average molecular weight is 280 g/mol. The minimum absolute atomic E-state index is 0.0126. The van der Waals surface area contributed by atoms with Crippen molar-refractivity contribution in [3.8, 4) is 11.5 Å². The first-order valence-electron chi connectivity index (χ1n) is 5.86. The molecule has 19 heavy (non-hydrogen) atoms. The summed E-state index contributed by atoms with van der Waals surface area (Å²) in [6, 6.07) is 7.22. The van der Waals surface area contributed by atoms with Crippen molar-refractivity contribution in [2.24, 2.45) is 0 Å². The van der Waals surface area contributed by atoms with Crippen LogP contribution in [0.15, 0.2) is 28.8 Å². The largest absolute Gasteiger partial charge is 0.346 e. The van der Waals surface area contributed by atoms with Crippen LogP contribution >= 0.6 is 11.6 Å². The number of likely N-dealkylation sites (N-methyl/N-ethyl adjacent to an activating group) is 1. The third kappa shape index (κ3) is 3.54. The number of rotatable bonds is 4. The van der Waals surface area contributed by atoms with Crippen molar-refractivity contribution in [2.75, 3.05) is 13.6 Å². The fourth-order valence-corrected chi connectivity index (χ4v) is 1.71. The smallest absolute Gasteiger partial charge is 0.257 e. The van der Waals surface area contributed by atoms with Crippen LogP contribution in [0.4, 0.5) is 0 Å². The summed E-state index contributed by atoms with van der Waals surface area (Å²) in [6.45, 7) is 2.08. The molecule has 0 N–H and O–H groups in total. The normalized spacial score (nSPS) is 10.5. The minimum atomic E-state index is 0.0126. The summed E-state index contributed by atoms with van der Waals surface area (Å²) < 4.78 is 5.18. The van der Waals surface area contributed by atoms with Crippen molar-refractivity contribution in [3.05, 3.63) is 35.1 Å². The van der Waals surface area contributed by atoms with Crippen molar-refractivity contribution >= 4 is 17.5 Å². The highest BCUT2D eigenvalue weighted by atomic mass is 35.5. The van der Waals surface area contributed by atoms with Gasteiger partial charge in [-0.05, 0) is 18.2 Å². The van der Waals surface area contributed by atoms with E-state index in [9.17, 15) is 4.79 Å². The van der Waals surface area contributed by atoms with Gasteiger partial charge in [0.05, 0.1) is 0 Å². The van der Waals surface area contributed by atoms with E-state index in [1.165, 1.54) is 6.92 Å². The van der Waals surface area contributed by atoms with Gasteiger partial charge in [-0.25, -0.2) is 0 Å². The molecule has 1 aromatic heterocycles. The number of carbonyl (C=O) groups is 1. The lowest BCUT2D eigenvalue weighted by atomic mass is 10.2. The summed E-state index contributed by atoms with van der Waals surface area (Å²) in [7, 11) is 1.74. The highest BCUT2D eigenvalue weighted by Crippen LogP contribution is 2.20. The molecule has 6 heteroatoms. The summed E-state index contributed by atoms with van der Waals surface area (Å²) in [5.41, 5.74) is 0.783. The standard InChI is InChI=1S/C13H14ClN3O2/c1-9(18)17(2)7-6-12-15-13(19-16-12)10-4-3-5-11(14)8-10/h3-5,8H,6-7H2,1-2H3. The number of nitrogens with zero attached hydrogens (tertiary/aromatic N) is 3. The zero-order valence-corrected chi connectivity index (χ0v) is 11.5. The maximum Gasteiger partial charge on any atom is 0.257 e. The molecule has 2 rings (SSSR count). The highest BCUT2D eigenvalue weighted by molar-refractivity contribution is 6.30. The first-order chi connectivity index (χ1) is 9.06. The van der Waals surface area contributed by atoms with E-state index in [4.69, 9.17) is 16.1 Å². The SMILES string of the molecule is CC(=O)N(C)CCc1noc(-c2cccc(Cl)c2)n1. The lowest BCUT2D eigenvalue weighted by Crippen LogP contribution is -2.26. The van der Waals surface area contributed by atoms with Gasteiger partial charge in [-0.15, -0.1) is 0 Å². The van der Waals surface area contributed by atoms with E-state index in [-0.39, 0.29) is 5.91 Å². The number of carbonyl (C=O) groups excluding carboxylic acids is 1. The Labute approximate surface area is 116 Å². The summed E-state index contributed by atoms with van der Waals surface area (Å²) in [5, 5.41) is 4.51. The maximum absolute atomic E-state index is 11.1. The molecule has 0 spiro atoms. The van der Waals surface area contributed by atoms with Crippen molar-refractivity contribution in [1.82, 2.24) is 15.0 Å². The first-order valence-corrected chi connectivity index (χ1v) is 6.24. The van der Waals surface area contributed by atoms with E-state index in [1.54, 1.807) is 24.1 Å². The van der Waals surface area contributed by atoms with E-state index >= 15 is 0 Å². The van der Waals surface area contributed by atoms with Crippen LogP contribution in [0.1, 0.15) is 12.7 Å². The molecule has 0 aliphatic rings. The van der Waals surface area contributed by atoms with Crippen LogP contribution in [-0.4, -0.2) is 34.5 Å². The molecule has 0 saturated heterocycles. The predicted octanol–water partition coefficient (Wildman–Crippen LogP) is 2.41. The fraction of sp³-hybridized carbons (Fsp3) is 0.308. The molecular weight excluding hydrogens is 266 g/mol. The van der Waals surface area contributed by atoms with Crippen LogP contribution in [0.2, 0.25) is 5.02 Å². The lowest BCUT2D eigenvalue weighted by Gasteiger charge is -2.12. The summed E-state index contributed by atoms with van der Waals surface area (Å²) in [6.07, 6.45) is 0.556. The van der Waals surface area contributed by atoms with Crippen LogP contribution in [0.5, 0.6) is 0 Å². The van der Waals surface area contributed by atoms with Crippen LogP contribution in [0, 0.1) is 0 Å². The summed E-state index contributed by atoms with van der Waals surface area (Å²) in [4.78, 5) is 17.0. The van der Waals surface area contributed by atoms with Crippen molar-refractivity contribution in [3.63, 3.8) is 0 Å². The van der Waals surface area contributed by atoms with E-state index in [1.807, 2.05) is 12.1 Å². The van der Waals surface area contributed by atoms with Crippen LogP contribution < -0.4 is 0 Å². The molecule has 0 aliphatic heterocycles. The molecule has 0 fully saturated rings. The maximum atomic E-state index is 11.1. The van der Waals surface area contributed by atoms with Gasteiger partial charge in [-0.3, -0.25) is 4.79 Å². The third-order valence-electron chi connectivity index (χ3n) is 2.75. The van der Waals surface area contributed by atoms with E-state index < -0.39 is 0 Å². The zero-order valence-electron chi connectivity index (χ0n) is 10.8. The second-order valence-corrected chi connectivity index (χ2v) is 4.65. The van der Waals surface area contributed by atoms with Crippen LogP contribution in [-0.2, 0) is 11.2 Å². The number of hydrogen-bond donors (Lipinski definition) is 0. The lowest BCUT2D eigenvalue weighted by molar-refractivity contribution is -0.127. The van der Waals surface area contributed by atoms with Gasteiger partial charge in [0.1, 0.15) is 0 Å². The average Bonchev–Trinajstić information content (AvgIpc) is 2.84. The Hall–Kier alpha value is -1.88. The molecule has 0 saturated carbocycles. The summed E-state index contributed by atoms with van der Waals surface area (Å²) in [5.74, 6) is 1.02. The van der Waals surface area contributed by atoms with Gasteiger partial charge in [0.2, 0.25) is 5.91 Å². The molecule has 1 aromatic carbocycles. The van der Waals surface area contributed by atoms with Crippen molar-refractivity contribution in [1.29, 1.82) is 0 Å². The van der Waals surface area contributed by atoms with Gasteiger partial charge in [-0.1, -0.05) is 22.8 Å². The Kier molecular flexibility index (Phi) is 4.16. The number of benzene rings is 1. The molecule has 0 radical (unpaired) electrons. The van der Waals surface area contributed by atoms with E-state index in [2.05, 4.69) is 10.1 Å². The molecule has 1 heterocycles. The molecule has 2 aromatic rings. The van der Waals surface area contributed by atoms with Gasteiger partial charge in [0.15, 0.2) is 5.82 Å². The Morgan fingerprint density at radius 2 is 2.26 bits per heavy atom. The first kappa shape index (κ1) is 13.5. The predicted molar refractivity (Wildman–Crippen MR) is 71.8 cm³/mol. The van der Waals surface area contributed by atoms with Gasteiger partial charge in [0, 0.05) is 37.5 Å². The molecule has 0 atom stereocenters. The monoisotopic (exact) mass is 279 g/mol. The Morgan fingerprint density at radius 1 is 1.47 bits per heavy atom. The second kappa shape index (κ2) is 5.84. The third-order valence-corrected chi connectivity index (χ3v) is 2.98. The van der Waals surface area contributed by atoms with Crippen LogP contribution in [0.3, 0.4) is 0 Å². The number of halogens is 1. The van der Waals surface area contributed by atoms with Crippen molar-refractivity contribution < 1.29 is 9.32 Å². The van der Waals surface area contributed by atoms with E-state index in [0.29, 0.717) is 29.7 Å². The topological polar surface area (TPSA) is 59.2 Å². The Balaban J connectivity index is 2.05. The molecule has 0 aliphatic carbocycles. The molecular formula is C13H14ClN3O2. The molecule has 1 amide bonds. The number of hydrogen-bond acceptors (Lipinski definition) is 4. The fourth-order valence-electron chi connectivity index (χ4n) is 1.52. The second-order valence-electron chi connectivity index (χ2n) is 4.22. The Bertz CT molecular complexity index is 583. The molecule has 0 unspecified atom stereocenters. The number of aromatic nitrogens is 2. The van der Waals surface area contributed by atoms with Crippen LogP contribution in [0.25, 0.3) is 11.5 Å². The van der Waals surface area contributed by atoms with Gasteiger partial charge in [-0.2, -0.15) is 4.98 Å². The van der Waals surface area contributed by atoms with Gasteiger partial charge < -0.3 is 9.42 Å². The highest BCUT2D eigenvalue weighted by Gasteiger charge is 2.10. The van der Waals surface area contributed by atoms with Gasteiger partial charge >= 0.3 is 0 Å². The Morgan fingerprint density at radius 3 is 2.95 bits per heavy atom. The quantitative estimate of drug-likeness (QED) is 0.862. The molecule has 5 nitrogen and oxygen atoms in total. The van der Waals surface area contributed by atoms with Crippen molar-refractivity contribution in [2.45, 2.75) is 13.3 Å². The molecule has 0 bridgehead atoms. The summed E-state index contributed by atoms with van der Waals surface area (Å²) >= 11 is 5.91. The molecule has 100 valence electrons. The van der Waals surface area contributed by atoms with Gasteiger partial charge in [0.25, 0.3) is 5.89 Å². The number of amides is 1. The minimum Gasteiger partial charge on any atom is -0.346 e. The van der Waals surface area contributed by atoms with E-state index in [0.717, 1.165) is 5.56 Å².